The molecule has 0 radical (unpaired) electrons. The Hall–Kier alpha value is -2.38. The van der Waals surface area contributed by atoms with Crippen molar-refractivity contribution in [2.24, 2.45) is 0 Å². The summed E-state index contributed by atoms with van der Waals surface area (Å²) in [6.07, 6.45) is -0.0737. The molecule has 27 heavy (non-hydrogen) atoms. The standard InChI is InChI=1S/C21H18N2O3S/c24-19-18(27-21(25)23-19)10-12-5-8-17-16(9-12)22-20(26-17)15-7-6-13-3-1-2-4-14(13)11-15/h1-9,11,18-19,21,23-25H,10H2. The maximum Gasteiger partial charge on any atom is 0.227 e. The molecule has 0 amide bonds. The molecule has 3 aromatic carbocycles. The Bertz CT molecular complexity index is 1130. The quantitative estimate of drug-likeness (QED) is 0.507. The SMILES string of the molecule is OC1NC(O)C(Cc2ccc3oc(-c4ccc5ccccc5c4)nc3c2)S1. The number of aliphatic hydroxyl groups is 2. The van der Waals surface area contributed by atoms with E-state index in [2.05, 4.69) is 34.6 Å². The average Bonchev–Trinajstić information content (AvgIpc) is 3.23. The van der Waals surface area contributed by atoms with Gasteiger partial charge in [-0.2, -0.15) is 0 Å². The zero-order chi connectivity index (χ0) is 18.4. The Labute approximate surface area is 160 Å². The molecule has 1 saturated heterocycles. The van der Waals surface area contributed by atoms with E-state index in [1.165, 1.54) is 17.1 Å². The minimum absolute atomic E-state index is 0.0932. The third kappa shape index (κ3) is 3.21. The van der Waals surface area contributed by atoms with Crippen LogP contribution >= 0.6 is 11.8 Å². The van der Waals surface area contributed by atoms with Crippen LogP contribution in [0.15, 0.2) is 65.1 Å². The summed E-state index contributed by atoms with van der Waals surface area (Å²) in [6, 6.07) is 20.3. The monoisotopic (exact) mass is 378 g/mol. The van der Waals surface area contributed by atoms with E-state index in [1.54, 1.807) is 0 Å². The van der Waals surface area contributed by atoms with Gasteiger partial charge in [0.1, 0.15) is 11.7 Å². The Morgan fingerprint density at radius 2 is 1.85 bits per heavy atom. The summed E-state index contributed by atoms with van der Waals surface area (Å²) < 4.78 is 5.95. The molecule has 3 N–H and O–H groups in total. The number of hydrogen-bond donors (Lipinski definition) is 3. The number of thioether (sulfide) groups is 1. The van der Waals surface area contributed by atoms with Crippen molar-refractivity contribution in [2.75, 3.05) is 0 Å². The van der Waals surface area contributed by atoms with Gasteiger partial charge in [0.15, 0.2) is 11.1 Å². The number of rotatable bonds is 3. The van der Waals surface area contributed by atoms with Crippen molar-refractivity contribution < 1.29 is 14.6 Å². The summed E-state index contributed by atoms with van der Waals surface area (Å²) in [4.78, 5) is 4.66. The van der Waals surface area contributed by atoms with Crippen molar-refractivity contribution in [1.29, 1.82) is 0 Å². The van der Waals surface area contributed by atoms with Gasteiger partial charge in [-0.25, -0.2) is 4.98 Å². The van der Waals surface area contributed by atoms with Crippen molar-refractivity contribution >= 4 is 33.6 Å². The summed E-state index contributed by atoms with van der Waals surface area (Å²) in [6.45, 7) is 0. The average molecular weight is 378 g/mol. The first-order valence-corrected chi connectivity index (χ1v) is 9.76. The molecule has 1 aromatic heterocycles. The number of nitrogens with one attached hydrogen (secondary N) is 1. The molecule has 1 aliphatic rings. The molecule has 0 saturated carbocycles. The number of aliphatic hydroxyl groups excluding tert-OH is 2. The van der Waals surface area contributed by atoms with Gasteiger partial charge in [-0.15, -0.1) is 11.8 Å². The molecular formula is C21H18N2O3S. The van der Waals surface area contributed by atoms with E-state index in [4.69, 9.17) is 4.42 Å². The molecule has 136 valence electrons. The lowest BCUT2D eigenvalue weighted by atomic mass is 10.1. The summed E-state index contributed by atoms with van der Waals surface area (Å²) in [5.41, 5.74) is 2.80. The van der Waals surface area contributed by atoms with Gasteiger partial charge in [-0.1, -0.05) is 36.4 Å². The number of aromatic nitrogens is 1. The second-order valence-electron chi connectivity index (χ2n) is 6.73. The number of fused-ring (bicyclic) bond motifs is 2. The van der Waals surface area contributed by atoms with E-state index in [-0.39, 0.29) is 5.25 Å². The minimum Gasteiger partial charge on any atom is -0.436 e. The van der Waals surface area contributed by atoms with Gasteiger partial charge in [-0.05, 0) is 47.0 Å². The number of benzene rings is 3. The van der Waals surface area contributed by atoms with Crippen molar-refractivity contribution in [3.63, 3.8) is 0 Å². The molecule has 3 unspecified atom stereocenters. The fourth-order valence-corrected chi connectivity index (χ4v) is 4.54. The zero-order valence-electron chi connectivity index (χ0n) is 14.4. The van der Waals surface area contributed by atoms with Gasteiger partial charge in [0.05, 0.1) is 5.25 Å². The summed E-state index contributed by atoms with van der Waals surface area (Å²) in [7, 11) is 0. The second-order valence-corrected chi connectivity index (χ2v) is 8.05. The molecular weight excluding hydrogens is 360 g/mol. The lowest BCUT2D eigenvalue weighted by molar-refractivity contribution is 0.0996. The van der Waals surface area contributed by atoms with Crippen LogP contribution in [-0.4, -0.2) is 32.2 Å². The Balaban J connectivity index is 1.46. The molecule has 6 heteroatoms. The largest absolute Gasteiger partial charge is 0.436 e. The summed E-state index contributed by atoms with van der Waals surface area (Å²) in [5.74, 6) is 0.597. The Morgan fingerprint density at radius 3 is 2.67 bits per heavy atom. The van der Waals surface area contributed by atoms with E-state index >= 15 is 0 Å². The fraction of sp³-hybridized carbons (Fsp3) is 0.190. The zero-order valence-corrected chi connectivity index (χ0v) is 15.2. The van der Waals surface area contributed by atoms with E-state index in [0.717, 1.165) is 27.6 Å². The van der Waals surface area contributed by atoms with Gasteiger partial charge >= 0.3 is 0 Å². The van der Waals surface area contributed by atoms with E-state index in [1.807, 2.05) is 36.4 Å². The van der Waals surface area contributed by atoms with Gasteiger partial charge in [0, 0.05) is 5.56 Å². The molecule has 0 spiro atoms. The maximum absolute atomic E-state index is 9.95. The first kappa shape index (κ1) is 16.8. The number of nitrogens with zero attached hydrogens (tertiary/aromatic N) is 1. The predicted octanol–water partition coefficient (Wildman–Crippen LogP) is 3.49. The fourth-order valence-electron chi connectivity index (χ4n) is 3.47. The number of oxazole rings is 1. The van der Waals surface area contributed by atoms with Crippen LogP contribution in [0.1, 0.15) is 5.56 Å². The normalized spacial score (nSPS) is 22.7. The molecule has 0 aliphatic carbocycles. The third-order valence-electron chi connectivity index (χ3n) is 4.85. The van der Waals surface area contributed by atoms with E-state index < -0.39 is 11.8 Å². The van der Waals surface area contributed by atoms with Gasteiger partial charge in [0.2, 0.25) is 5.89 Å². The molecule has 2 heterocycles. The molecule has 3 atom stereocenters. The summed E-state index contributed by atoms with van der Waals surface area (Å²) >= 11 is 1.33. The lowest BCUT2D eigenvalue weighted by Crippen LogP contribution is -2.33. The van der Waals surface area contributed by atoms with Crippen LogP contribution in [0.2, 0.25) is 0 Å². The topological polar surface area (TPSA) is 78.5 Å². The Kier molecular flexibility index (Phi) is 4.13. The van der Waals surface area contributed by atoms with Gasteiger partial charge in [-0.3, -0.25) is 5.32 Å². The molecule has 1 fully saturated rings. The maximum atomic E-state index is 9.95. The third-order valence-corrected chi connectivity index (χ3v) is 6.02. The first-order valence-electron chi connectivity index (χ1n) is 8.82. The smallest absolute Gasteiger partial charge is 0.227 e. The van der Waals surface area contributed by atoms with Crippen molar-refractivity contribution in [3.05, 3.63) is 66.2 Å². The highest BCUT2D eigenvalue weighted by molar-refractivity contribution is 8.00. The first-order chi connectivity index (χ1) is 13.2. The predicted molar refractivity (Wildman–Crippen MR) is 107 cm³/mol. The number of hydrogen-bond acceptors (Lipinski definition) is 6. The van der Waals surface area contributed by atoms with Crippen molar-refractivity contribution in [2.45, 2.75) is 23.5 Å². The molecule has 5 nitrogen and oxygen atoms in total. The van der Waals surface area contributed by atoms with Crippen molar-refractivity contribution in [1.82, 2.24) is 10.3 Å². The van der Waals surface area contributed by atoms with Gasteiger partial charge < -0.3 is 14.6 Å². The van der Waals surface area contributed by atoms with Crippen LogP contribution in [0.3, 0.4) is 0 Å². The van der Waals surface area contributed by atoms with Crippen LogP contribution in [-0.2, 0) is 6.42 Å². The van der Waals surface area contributed by atoms with Crippen LogP contribution in [0.4, 0.5) is 0 Å². The van der Waals surface area contributed by atoms with Crippen LogP contribution in [0, 0.1) is 0 Å². The van der Waals surface area contributed by atoms with Crippen molar-refractivity contribution in [3.8, 4) is 11.5 Å². The summed E-state index contributed by atoms with van der Waals surface area (Å²) in [5, 5.41) is 24.5. The molecule has 4 aromatic rings. The van der Waals surface area contributed by atoms with Crippen LogP contribution < -0.4 is 5.32 Å². The van der Waals surface area contributed by atoms with Crippen LogP contribution in [0.5, 0.6) is 0 Å². The Morgan fingerprint density at radius 1 is 1.00 bits per heavy atom. The minimum atomic E-state index is -0.722. The van der Waals surface area contributed by atoms with E-state index in [0.29, 0.717) is 12.3 Å². The molecule has 0 bridgehead atoms. The van der Waals surface area contributed by atoms with Crippen LogP contribution in [0.25, 0.3) is 33.3 Å². The lowest BCUT2D eigenvalue weighted by Gasteiger charge is -2.12. The molecule has 1 aliphatic heterocycles. The second kappa shape index (κ2) is 6.65. The highest BCUT2D eigenvalue weighted by atomic mass is 32.2. The van der Waals surface area contributed by atoms with E-state index in [9.17, 15) is 10.2 Å². The van der Waals surface area contributed by atoms with Gasteiger partial charge in [0.25, 0.3) is 0 Å². The highest BCUT2D eigenvalue weighted by Gasteiger charge is 2.31. The highest BCUT2D eigenvalue weighted by Crippen LogP contribution is 2.30. The molecule has 5 rings (SSSR count).